The van der Waals surface area contributed by atoms with Gasteiger partial charge in [-0.2, -0.15) is 5.26 Å². The van der Waals surface area contributed by atoms with Crippen LogP contribution in [0.1, 0.15) is 18.4 Å². The Labute approximate surface area is 97.6 Å². The van der Waals surface area contributed by atoms with Crippen molar-refractivity contribution in [1.29, 1.82) is 5.26 Å². The van der Waals surface area contributed by atoms with Crippen molar-refractivity contribution in [2.45, 2.75) is 12.8 Å². The van der Waals surface area contributed by atoms with Crippen LogP contribution in [0.2, 0.25) is 0 Å². The van der Waals surface area contributed by atoms with Crippen molar-refractivity contribution in [3.63, 3.8) is 0 Å². The lowest BCUT2D eigenvalue weighted by atomic mass is 9.99. The van der Waals surface area contributed by atoms with Gasteiger partial charge < -0.3 is 4.74 Å². The number of carbonyl (C=O) groups excluding carboxylic acids is 1. The van der Waals surface area contributed by atoms with Crippen molar-refractivity contribution in [2.24, 2.45) is 0 Å². The van der Waals surface area contributed by atoms with Crippen LogP contribution in [-0.2, 0) is 9.53 Å². The molecule has 6 nitrogen and oxygen atoms in total. The van der Waals surface area contributed by atoms with Gasteiger partial charge in [0.15, 0.2) is 5.92 Å². The highest BCUT2D eigenvalue weighted by Gasteiger charge is 2.28. The molecule has 0 radical (unpaired) electrons. The number of rotatable bonds is 4. The second-order valence-corrected chi connectivity index (χ2v) is 3.13. The number of benzene rings is 1. The van der Waals surface area contributed by atoms with E-state index in [0.29, 0.717) is 0 Å². The molecule has 1 aromatic rings. The first-order valence-electron chi connectivity index (χ1n) is 4.91. The maximum atomic E-state index is 11.5. The third-order valence-corrected chi connectivity index (χ3v) is 2.10. The van der Waals surface area contributed by atoms with Gasteiger partial charge in [-0.05, 0) is 6.92 Å². The topological polar surface area (TPSA) is 93.2 Å². The van der Waals surface area contributed by atoms with Crippen molar-refractivity contribution in [1.82, 2.24) is 0 Å². The first-order valence-corrected chi connectivity index (χ1v) is 4.91. The zero-order valence-corrected chi connectivity index (χ0v) is 9.12. The van der Waals surface area contributed by atoms with Crippen LogP contribution in [0.15, 0.2) is 24.3 Å². The number of hydrogen-bond donors (Lipinski definition) is 0. The maximum absolute atomic E-state index is 11.5. The van der Waals surface area contributed by atoms with Crippen LogP contribution in [0.3, 0.4) is 0 Å². The van der Waals surface area contributed by atoms with E-state index in [1.807, 2.05) is 0 Å². The van der Waals surface area contributed by atoms with Crippen LogP contribution in [0, 0.1) is 21.4 Å². The van der Waals surface area contributed by atoms with Crippen LogP contribution in [0.25, 0.3) is 0 Å². The predicted octanol–water partition coefficient (Wildman–Crippen LogP) is 1.77. The van der Waals surface area contributed by atoms with E-state index in [1.165, 1.54) is 24.3 Å². The van der Waals surface area contributed by atoms with Gasteiger partial charge in [-0.15, -0.1) is 0 Å². The van der Waals surface area contributed by atoms with E-state index in [9.17, 15) is 14.9 Å². The first kappa shape index (κ1) is 12.6. The minimum absolute atomic E-state index is 0.0541. The van der Waals surface area contributed by atoms with Crippen LogP contribution in [0.4, 0.5) is 5.69 Å². The van der Waals surface area contributed by atoms with Gasteiger partial charge in [0.2, 0.25) is 0 Å². The molecule has 0 aliphatic rings. The molecule has 0 amide bonds. The van der Waals surface area contributed by atoms with Crippen molar-refractivity contribution in [3.05, 3.63) is 39.9 Å². The number of esters is 1. The number of nitro groups is 1. The standard InChI is InChI=1S/C11H10N2O4/c1-2-17-11(14)9(7-12)8-5-3-4-6-10(8)13(15)16/h3-6,9H,2H2,1H3/t9-/m1/s1. The van der Waals surface area contributed by atoms with Crippen LogP contribution < -0.4 is 0 Å². The van der Waals surface area contributed by atoms with Crippen molar-refractivity contribution in [2.75, 3.05) is 6.61 Å². The molecule has 0 saturated heterocycles. The van der Waals surface area contributed by atoms with Gasteiger partial charge in [-0.3, -0.25) is 14.9 Å². The normalized spacial score (nSPS) is 11.3. The summed E-state index contributed by atoms with van der Waals surface area (Å²) in [6.07, 6.45) is 0. The third kappa shape index (κ3) is 2.78. The first-order chi connectivity index (χ1) is 8.11. The third-order valence-electron chi connectivity index (χ3n) is 2.10. The lowest BCUT2D eigenvalue weighted by molar-refractivity contribution is -0.385. The Kier molecular flexibility index (Phi) is 4.17. The Hall–Kier alpha value is -2.42. The SMILES string of the molecule is CCOC(=O)[C@H](C#N)c1ccccc1[N+](=O)[O-]. The Morgan fingerprint density at radius 1 is 1.59 bits per heavy atom. The largest absolute Gasteiger partial charge is 0.465 e. The van der Waals surface area contributed by atoms with Crippen LogP contribution in [0.5, 0.6) is 0 Å². The maximum Gasteiger partial charge on any atom is 0.328 e. The Balaban J connectivity index is 3.17. The van der Waals surface area contributed by atoms with E-state index in [1.54, 1.807) is 13.0 Å². The van der Waals surface area contributed by atoms with Crippen LogP contribution >= 0.6 is 0 Å². The summed E-state index contributed by atoms with van der Waals surface area (Å²) in [4.78, 5) is 21.6. The van der Waals surface area contributed by atoms with Crippen molar-refractivity contribution in [3.8, 4) is 6.07 Å². The van der Waals surface area contributed by atoms with Gasteiger partial charge in [0.1, 0.15) is 0 Å². The fourth-order valence-electron chi connectivity index (χ4n) is 1.37. The van der Waals surface area contributed by atoms with Crippen molar-refractivity contribution < 1.29 is 14.5 Å². The Bertz CT molecular complexity index is 479. The number of hydrogen-bond acceptors (Lipinski definition) is 5. The van der Waals surface area contributed by atoms with Gasteiger partial charge >= 0.3 is 5.97 Å². The molecule has 0 fully saturated rings. The van der Waals surface area contributed by atoms with Gasteiger partial charge in [0.05, 0.1) is 23.2 Å². The Morgan fingerprint density at radius 3 is 2.76 bits per heavy atom. The lowest BCUT2D eigenvalue weighted by Crippen LogP contribution is -2.15. The second-order valence-electron chi connectivity index (χ2n) is 3.13. The molecule has 0 unspecified atom stereocenters. The number of ether oxygens (including phenoxy) is 1. The summed E-state index contributed by atoms with van der Waals surface area (Å²) in [6, 6.07) is 7.35. The van der Waals surface area contributed by atoms with Gasteiger partial charge in [-0.1, -0.05) is 18.2 Å². The van der Waals surface area contributed by atoms with E-state index in [2.05, 4.69) is 0 Å². The summed E-state index contributed by atoms with van der Waals surface area (Å²) in [6.45, 7) is 1.73. The highest BCUT2D eigenvalue weighted by Crippen LogP contribution is 2.26. The molecule has 0 aliphatic heterocycles. The van der Waals surface area contributed by atoms with Gasteiger partial charge in [-0.25, -0.2) is 0 Å². The molecular formula is C11H10N2O4. The van der Waals surface area contributed by atoms with E-state index in [0.717, 1.165) is 0 Å². The second kappa shape index (κ2) is 5.61. The molecule has 1 atom stereocenters. The smallest absolute Gasteiger partial charge is 0.328 e. The minimum Gasteiger partial charge on any atom is -0.465 e. The molecule has 0 saturated carbocycles. The summed E-state index contributed by atoms with van der Waals surface area (Å²) in [5, 5.41) is 19.7. The summed E-state index contributed by atoms with van der Waals surface area (Å²) >= 11 is 0. The number of nitriles is 1. The average molecular weight is 234 g/mol. The molecule has 1 rings (SSSR count). The molecule has 0 aliphatic carbocycles. The molecule has 6 heteroatoms. The van der Waals surface area contributed by atoms with Gasteiger partial charge in [0, 0.05) is 6.07 Å². The molecule has 0 aromatic heterocycles. The van der Waals surface area contributed by atoms with E-state index >= 15 is 0 Å². The molecule has 88 valence electrons. The van der Waals surface area contributed by atoms with Crippen LogP contribution in [-0.4, -0.2) is 17.5 Å². The van der Waals surface area contributed by atoms with E-state index in [4.69, 9.17) is 10.00 Å². The van der Waals surface area contributed by atoms with Gasteiger partial charge in [0.25, 0.3) is 5.69 Å². The number of nitro benzene ring substituents is 1. The molecule has 0 spiro atoms. The molecule has 0 bridgehead atoms. The molecule has 0 N–H and O–H groups in total. The minimum atomic E-state index is -1.27. The zero-order valence-electron chi connectivity index (χ0n) is 9.12. The quantitative estimate of drug-likeness (QED) is 0.449. The summed E-state index contributed by atoms with van der Waals surface area (Å²) in [5.41, 5.74) is -0.203. The zero-order chi connectivity index (χ0) is 12.8. The predicted molar refractivity (Wildman–Crippen MR) is 58.1 cm³/mol. The fourth-order valence-corrected chi connectivity index (χ4v) is 1.37. The summed E-state index contributed by atoms with van der Waals surface area (Å²) in [5.74, 6) is -2.04. The summed E-state index contributed by atoms with van der Waals surface area (Å²) in [7, 11) is 0. The Morgan fingerprint density at radius 2 is 2.24 bits per heavy atom. The number of para-hydroxylation sites is 1. The average Bonchev–Trinajstić information content (AvgIpc) is 2.31. The molecule has 0 heterocycles. The summed E-state index contributed by atoms with van der Waals surface area (Å²) < 4.78 is 4.70. The molecule has 1 aromatic carbocycles. The molecular weight excluding hydrogens is 224 g/mol. The number of nitrogens with zero attached hydrogens (tertiary/aromatic N) is 2. The number of carbonyl (C=O) groups is 1. The fraction of sp³-hybridized carbons (Fsp3) is 0.273. The van der Waals surface area contributed by atoms with Crippen molar-refractivity contribution >= 4 is 11.7 Å². The van der Waals surface area contributed by atoms with E-state index < -0.39 is 16.8 Å². The van der Waals surface area contributed by atoms with E-state index in [-0.39, 0.29) is 17.9 Å². The highest BCUT2D eigenvalue weighted by molar-refractivity contribution is 5.82. The highest BCUT2D eigenvalue weighted by atomic mass is 16.6. The monoisotopic (exact) mass is 234 g/mol. The molecule has 17 heavy (non-hydrogen) atoms. The lowest BCUT2D eigenvalue weighted by Gasteiger charge is -2.08.